The normalized spacial score (nSPS) is 16.5. The molecule has 0 bridgehead atoms. The van der Waals surface area contributed by atoms with Crippen molar-refractivity contribution in [1.29, 1.82) is 0 Å². The van der Waals surface area contributed by atoms with Crippen LogP contribution in [0.4, 0.5) is 18.0 Å². The lowest BCUT2D eigenvalue weighted by Gasteiger charge is -2.28. The monoisotopic (exact) mass is 479 g/mol. The number of carbonyl (C=O) groups excluding carboxylic acids is 1. The van der Waals surface area contributed by atoms with Gasteiger partial charge in [-0.25, -0.2) is 4.79 Å². The number of carbonyl (C=O) groups is 2. The van der Waals surface area contributed by atoms with Gasteiger partial charge in [0.2, 0.25) is 0 Å². The largest absolute Gasteiger partial charge is 0.481 e. The van der Waals surface area contributed by atoms with Crippen LogP contribution in [0.5, 0.6) is 0 Å². The van der Waals surface area contributed by atoms with Crippen LogP contribution in [-0.2, 0) is 11.0 Å². The average molecular weight is 480 g/mol. The summed E-state index contributed by atoms with van der Waals surface area (Å²) < 4.78 is 39.5. The first-order valence-electron chi connectivity index (χ1n) is 11.2. The van der Waals surface area contributed by atoms with E-state index in [0.29, 0.717) is 19.5 Å². The third-order valence-electron chi connectivity index (χ3n) is 5.79. The van der Waals surface area contributed by atoms with Crippen molar-refractivity contribution in [3.05, 3.63) is 71.0 Å². The third-order valence-corrected chi connectivity index (χ3v) is 5.79. The average Bonchev–Trinajstić information content (AvgIpc) is 3.15. The molecule has 0 radical (unpaired) electrons. The van der Waals surface area contributed by atoms with Crippen LogP contribution >= 0.6 is 0 Å². The lowest BCUT2D eigenvalue weighted by atomic mass is 10.00. The van der Waals surface area contributed by atoms with Gasteiger partial charge in [0, 0.05) is 32.4 Å². The summed E-state index contributed by atoms with van der Waals surface area (Å²) in [5.41, 5.74) is 1.46. The number of hydrogen-bond donors (Lipinski definition) is 2. The molecule has 1 aliphatic rings. The number of carboxylic acids is 1. The fourth-order valence-corrected chi connectivity index (χ4v) is 3.79. The summed E-state index contributed by atoms with van der Waals surface area (Å²) in [5, 5.41) is 12.4. The molecule has 2 rings (SSSR count). The fourth-order valence-electron chi connectivity index (χ4n) is 3.79. The molecular formula is C25H32F3N3O3. The Balaban J connectivity index is 2.06. The van der Waals surface area contributed by atoms with E-state index in [2.05, 4.69) is 5.32 Å². The Hall–Kier alpha value is -3.23. The van der Waals surface area contributed by atoms with Gasteiger partial charge in [0.15, 0.2) is 0 Å². The molecule has 0 spiro atoms. The Bertz CT molecular complexity index is 954. The van der Waals surface area contributed by atoms with Gasteiger partial charge in [0.1, 0.15) is 0 Å². The van der Waals surface area contributed by atoms with Gasteiger partial charge in [0.05, 0.1) is 18.0 Å². The second-order valence-electron chi connectivity index (χ2n) is 8.13. The highest BCUT2D eigenvalue weighted by Crippen LogP contribution is 2.34. The molecule has 0 saturated carbocycles. The van der Waals surface area contributed by atoms with Gasteiger partial charge in [-0.2, -0.15) is 13.2 Å². The zero-order chi connectivity index (χ0) is 25.3. The minimum absolute atomic E-state index is 0.165. The summed E-state index contributed by atoms with van der Waals surface area (Å²) in [7, 11) is 1.85. The minimum Gasteiger partial charge on any atom is -0.481 e. The highest BCUT2D eigenvalue weighted by atomic mass is 19.4. The highest BCUT2D eigenvalue weighted by molar-refractivity contribution is 5.78. The summed E-state index contributed by atoms with van der Waals surface area (Å²) in [4.78, 5) is 27.4. The molecule has 1 unspecified atom stereocenters. The molecule has 0 aliphatic carbocycles. The summed E-state index contributed by atoms with van der Waals surface area (Å²) in [6.45, 7) is 5.05. The topological polar surface area (TPSA) is 72.9 Å². The van der Waals surface area contributed by atoms with E-state index in [4.69, 9.17) is 0 Å². The number of nitrogens with zero attached hydrogens (tertiary/aromatic N) is 2. The molecule has 0 aromatic heterocycles. The zero-order valence-corrected chi connectivity index (χ0v) is 19.7. The SMILES string of the molecule is C/C=C(/C=C\C=C(/C)NC)CCCN1CCN(C(CC(=O)O)c2cccc(C(F)(F)F)c2)C1=O. The molecule has 1 fully saturated rings. The van der Waals surface area contributed by atoms with Gasteiger partial charge in [-0.3, -0.25) is 4.79 Å². The molecule has 2 amide bonds. The zero-order valence-electron chi connectivity index (χ0n) is 19.7. The molecule has 1 saturated heterocycles. The van der Waals surface area contributed by atoms with Crippen molar-refractivity contribution in [2.24, 2.45) is 0 Å². The van der Waals surface area contributed by atoms with Gasteiger partial charge in [-0.05, 0) is 50.5 Å². The summed E-state index contributed by atoms with van der Waals surface area (Å²) in [5.74, 6) is -1.18. The number of urea groups is 1. The van der Waals surface area contributed by atoms with Gasteiger partial charge in [0.25, 0.3) is 0 Å². The van der Waals surface area contributed by atoms with Crippen LogP contribution in [0.25, 0.3) is 0 Å². The smallest absolute Gasteiger partial charge is 0.416 e. The van der Waals surface area contributed by atoms with E-state index in [0.717, 1.165) is 29.8 Å². The quantitative estimate of drug-likeness (QED) is 0.419. The van der Waals surface area contributed by atoms with Crippen molar-refractivity contribution in [3.63, 3.8) is 0 Å². The number of rotatable bonds is 11. The number of carboxylic acid groups (broad SMARTS) is 1. The minimum atomic E-state index is -4.55. The van der Waals surface area contributed by atoms with E-state index in [1.165, 1.54) is 17.0 Å². The summed E-state index contributed by atoms with van der Waals surface area (Å²) >= 11 is 0. The van der Waals surface area contributed by atoms with Crippen LogP contribution in [0.2, 0.25) is 0 Å². The lowest BCUT2D eigenvalue weighted by molar-refractivity contribution is -0.138. The Labute approximate surface area is 198 Å². The number of alkyl halides is 3. The molecule has 186 valence electrons. The first-order valence-corrected chi connectivity index (χ1v) is 11.2. The molecule has 9 heteroatoms. The highest BCUT2D eigenvalue weighted by Gasteiger charge is 2.37. The van der Waals surface area contributed by atoms with Crippen LogP contribution < -0.4 is 5.32 Å². The third kappa shape index (κ3) is 7.67. The number of nitrogens with one attached hydrogen (secondary N) is 1. The van der Waals surface area contributed by atoms with E-state index in [1.807, 2.05) is 45.2 Å². The maximum absolute atomic E-state index is 13.2. The maximum Gasteiger partial charge on any atom is 0.416 e. The van der Waals surface area contributed by atoms with Crippen LogP contribution in [0.3, 0.4) is 0 Å². The predicted molar refractivity (Wildman–Crippen MR) is 125 cm³/mol. The number of aliphatic carboxylic acids is 1. The summed E-state index contributed by atoms with van der Waals surface area (Å²) in [6, 6.07) is 3.22. The molecule has 1 atom stereocenters. The van der Waals surface area contributed by atoms with E-state index in [1.54, 1.807) is 4.90 Å². The van der Waals surface area contributed by atoms with Gasteiger partial charge < -0.3 is 20.2 Å². The predicted octanol–water partition coefficient (Wildman–Crippen LogP) is 5.36. The van der Waals surface area contributed by atoms with Gasteiger partial charge >= 0.3 is 18.2 Å². The molecule has 2 N–H and O–H groups in total. The Morgan fingerprint density at radius 1 is 1.29 bits per heavy atom. The Kier molecular flexibility index (Phi) is 9.77. The second kappa shape index (κ2) is 12.3. The van der Waals surface area contributed by atoms with Crippen molar-refractivity contribution in [3.8, 4) is 0 Å². The standard InChI is InChI=1S/C25H32F3N3O3/c1-4-19(9-5-8-18(2)29-3)10-7-13-30-14-15-31(24(30)34)22(17-23(32)33)20-11-6-12-21(16-20)25(26,27)28/h4-6,8-9,11-12,16,22,29H,7,10,13-15,17H2,1-3H3,(H,32,33)/b9-5-,18-8+,19-4-. The van der Waals surface area contributed by atoms with Crippen LogP contribution in [-0.4, -0.2) is 53.6 Å². The van der Waals surface area contributed by atoms with E-state index < -0.39 is 30.2 Å². The van der Waals surface area contributed by atoms with E-state index >= 15 is 0 Å². The second-order valence-corrected chi connectivity index (χ2v) is 8.13. The molecule has 6 nitrogen and oxygen atoms in total. The molecule has 1 aromatic carbocycles. The van der Waals surface area contributed by atoms with Crippen molar-refractivity contribution in [1.82, 2.24) is 15.1 Å². The van der Waals surface area contributed by atoms with Gasteiger partial charge in [-0.1, -0.05) is 35.9 Å². The Morgan fingerprint density at radius 2 is 2.03 bits per heavy atom. The van der Waals surface area contributed by atoms with Gasteiger partial charge in [-0.15, -0.1) is 0 Å². The number of hydrogen-bond acceptors (Lipinski definition) is 3. The molecule has 1 heterocycles. The molecular weight excluding hydrogens is 447 g/mol. The number of amides is 2. The summed E-state index contributed by atoms with van der Waals surface area (Å²) in [6.07, 6.45) is 4.39. The van der Waals surface area contributed by atoms with Crippen molar-refractivity contribution >= 4 is 12.0 Å². The lowest BCUT2D eigenvalue weighted by Crippen LogP contribution is -2.36. The van der Waals surface area contributed by atoms with Crippen LogP contribution in [0.15, 0.2) is 59.8 Å². The number of benzene rings is 1. The fraction of sp³-hybridized carbons (Fsp3) is 0.440. The number of halogens is 3. The first kappa shape index (κ1) is 27.0. The first-order chi connectivity index (χ1) is 16.1. The molecule has 34 heavy (non-hydrogen) atoms. The van der Waals surface area contributed by atoms with E-state index in [-0.39, 0.29) is 18.1 Å². The molecule has 1 aromatic rings. The number of allylic oxidation sites excluding steroid dienone is 6. The van der Waals surface area contributed by atoms with Crippen LogP contribution in [0, 0.1) is 0 Å². The van der Waals surface area contributed by atoms with Crippen molar-refractivity contribution in [2.45, 2.75) is 45.3 Å². The van der Waals surface area contributed by atoms with Crippen molar-refractivity contribution < 1.29 is 27.9 Å². The molecule has 1 aliphatic heterocycles. The van der Waals surface area contributed by atoms with E-state index in [9.17, 15) is 27.9 Å². The maximum atomic E-state index is 13.2. The van der Waals surface area contributed by atoms with Crippen molar-refractivity contribution in [2.75, 3.05) is 26.7 Å². The van der Waals surface area contributed by atoms with Crippen LogP contribution in [0.1, 0.15) is 50.3 Å². The Morgan fingerprint density at radius 3 is 2.65 bits per heavy atom.